The molecule has 0 saturated carbocycles. The second kappa shape index (κ2) is 7.11. The SMILES string of the molecule is CNC(CN(C)CC1CCCO1)c1cccc(F)c1F. The fraction of sp³-hybridized carbons (Fsp3) is 0.600. The van der Waals surface area contributed by atoms with Crippen molar-refractivity contribution in [3.05, 3.63) is 35.4 Å². The van der Waals surface area contributed by atoms with Gasteiger partial charge in [-0.15, -0.1) is 0 Å². The Morgan fingerprint density at radius 1 is 1.45 bits per heavy atom. The van der Waals surface area contributed by atoms with Crippen LogP contribution in [-0.2, 0) is 4.74 Å². The van der Waals surface area contributed by atoms with Crippen molar-refractivity contribution in [3.63, 3.8) is 0 Å². The van der Waals surface area contributed by atoms with Gasteiger partial charge in [-0.05, 0) is 33.0 Å². The van der Waals surface area contributed by atoms with Gasteiger partial charge in [0.1, 0.15) is 0 Å². The first kappa shape index (κ1) is 15.4. The van der Waals surface area contributed by atoms with E-state index in [1.165, 1.54) is 6.07 Å². The summed E-state index contributed by atoms with van der Waals surface area (Å²) in [5.41, 5.74) is 0.367. The van der Waals surface area contributed by atoms with Crippen molar-refractivity contribution in [2.24, 2.45) is 0 Å². The first-order chi connectivity index (χ1) is 9.61. The number of nitrogens with one attached hydrogen (secondary N) is 1. The minimum absolute atomic E-state index is 0.239. The lowest BCUT2D eigenvalue weighted by atomic mass is 10.1. The monoisotopic (exact) mass is 284 g/mol. The van der Waals surface area contributed by atoms with E-state index >= 15 is 0 Å². The van der Waals surface area contributed by atoms with Crippen LogP contribution in [0.4, 0.5) is 8.78 Å². The van der Waals surface area contributed by atoms with E-state index in [-0.39, 0.29) is 12.1 Å². The third-order valence-corrected chi connectivity index (χ3v) is 3.74. The van der Waals surface area contributed by atoms with Crippen LogP contribution in [0.5, 0.6) is 0 Å². The van der Waals surface area contributed by atoms with Gasteiger partial charge in [-0.3, -0.25) is 0 Å². The Kier molecular flexibility index (Phi) is 5.46. The molecule has 5 heteroatoms. The summed E-state index contributed by atoms with van der Waals surface area (Å²) in [6, 6.07) is 4.07. The molecule has 1 N–H and O–H groups in total. The van der Waals surface area contributed by atoms with Gasteiger partial charge < -0.3 is 15.0 Å². The Morgan fingerprint density at radius 3 is 2.90 bits per heavy atom. The van der Waals surface area contributed by atoms with Crippen molar-refractivity contribution >= 4 is 0 Å². The second-order valence-corrected chi connectivity index (χ2v) is 5.34. The summed E-state index contributed by atoms with van der Waals surface area (Å²) in [6.45, 7) is 2.25. The summed E-state index contributed by atoms with van der Waals surface area (Å²) in [5, 5.41) is 3.05. The fourth-order valence-electron chi connectivity index (χ4n) is 2.66. The third-order valence-electron chi connectivity index (χ3n) is 3.74. The average Bonchev–Trinajstić information content (AvgIpc) is 2.92. The van der Waals surface area contributed by atoms with Crippen molar-refractivity contribution in [3.8, 4) is 0 Å². The van der Waals surface area contributed by atoms with Crippen LogP contribution in [0.15, 0.2) is 18.2 Å². The molecule has 1 aromatic carbocycles. The lowest BCUT2D eigenvalue weighted by molar-refractivity contribution is 0.0785. The Hall–Kier alpha value is -1.04. The van der Waals surface area contributed by atoms with Crippen molar-refractivity contribution in [2.45, 2.75) is 25.0 Å². The summed E-state index contributed by atoms with van der Waals surface area (Å²) in [5.74, 6) is -1.57. The molecule has 1 fully saturated rings. The van der Waals surface area contributed by atoms with Crippen LogP contribution in [0.25, 0.3) is 0 Å². The number of ether oxygens (including phenoxy) is 1. The van der Waals surface area contributed by atoms with E-state index in [1.54, 1.807) is 13.1 Å². The predicted octanol–water partition coefficient (Wildman–Crippen LogP) is 2.34. The maximum atomic E-state index is 13.8. The van der Waals surface area contributed by atoms with Crippen molar-refractivity contribution in [1.82, 2.24) is 10.2 Å². The van der Waals surface area contributed by atoms with Crippen LogP contribution < -0.4 is 5.32 Å². The number of likely N-dealkylation sites (N-methyl/N-ethyl adjacent to an activating group) is 2. The van der Waals surface area contributed by atoms with Crippen molar-refractivity contribution < 1.29 is 13.5 Å². The highest BCUT2D eigenvalue weighted by Crippen LogP contribution is 2.20. The lowest BCUT2D eigenvalue weighted by Crippen LogP contribution is -2.36. The number of rotatable bonds is 6. The molecular weight excluding hydrogens is 262 g/mol. The van der Waals surface area contributed by atoms with Crippen LogP contribution >= 0.6 is 0 Å². The van der Waals surface area contributed by atoms with Crippen LogP contribution in [0, 0.1) is 11.6 Å². The van der Waals surface area contributed by atoms with Gasteiger partial charge in [0.2, 0.25) is 0 Å². The first-order valence-corrected chi connectivity index (χ1v) is 7.03. The zero-order valence-electron chi connectivity index (χ0n) is 12.0. The lowest BCUT2D eigenvalue weighted by Gasteiger charge is -2.26. The van der Waals surface area contributed by atoms with Crippen LogP contribution in [0.3, 0.4) is 0 Å². The van der Waals surface area contributed by atoms with E-state index in [0.29, 0.717) is 12.1 Å². The minimum Gasteiger partial charge on any atom is -0.377 e. The number of hydrogen-bond donors (Lipinski definition) is 1. The van der Waals surface area contributed by atoms with Gasteiger partial charge in [0.15, 0.2) is 11.6 Å². The third kappa shape index (κ3) is 3.75. The highest BCUT2D eigenvalue weighted by atomic mass is 19.2. The average molecular weight is 284 g/mol. The molecular formula is C15H22F2N2O. The number of benzene rings is 1. The molecule has 1 heterocycles. The van der Waals surface area contributed by atoms with E-state index in [2.05, 4.69) is 10.2 Å². The van der Waals surface area contributed by atoms with Gasteiger partial charge in [-0.1, -0.05) is 12.1 Å². The maximum Gasteiger partial charge on any atom is 0.163 e. The van der Waals surface area contributed by atoms with E-state index < -0.39 is 11.6 Å². The fourth-order valence-corrected chi connectivity index (χ4v) is 2.66. The van der Waals surface area contributed by atoms with E-state index in [4.69, 9.17) is 4.74 Å². The topological polar surface area (TPSA) is 24.5 Å². The summed E-state index contributed by atoms with van der Waals surface area (Å²) in [6.07, 6.45) is 2.44. The largest absolute Gasteiger partial charge is 0.377 e. The van der Waals surface area contributed by atoms with E-state index in [9.17, 15) is 8.78 Å². The molecule has 2 rings (SSSR count). The molecule has 0 radical (unpaired) electrons. The van der Waals surface area contributed by atoms with E-state index in [1.807, 2.05) is 7.05 Å². The summed E-state index contributed by atoms with van der Waals surface area (Å²) in [7, 11) is 3.73. The van der Waals surface area contributed by atoms with Crippen LogP contribution in [-0.4, -0.2) is 44.8 Å². The number of nitrogens with zero attached hydrogens (tertiary/aromatic N) is 1. The molecule has 2 unspecified atom stereocenters. The zero-order valence-corrected chi connectivity index (χ0v) is 12.0. The van der Waals surface area contributed by atoms with E-state index in [0.717, 1.165) is 32.1 Å². The molecule has 1 aliphatic heterocycles. The quantitative estimate of drug-likeness (QED) is 0.868. The Balaban J connectivity index is 1.98. The smallest absolute Gasteiger partial charge is 0.163 e. The highest BCUT2D eigenvalue weighted by Gasteiger charge is 2.21. The number of hydrogen-bond acceptors (Lipinski definition) is 3. The molecule has 0 spiro atoms. The molecule has 0 aromatic heterocycles. The predicted molar refractivity (Wildman–Crippen MR) is 74.6 cm³/mol. The minimum atomic E-state index is -0.801. The summed E-state index contributed by atoms with van der Waals surface area (Å²) >= 11 is 0. The van der Waals surface area contributed by atoms with Crippen molar-refractivity contribution in [2.75, 3.05) is 33.8 Å². The summed E-state index contributed by atoms with van der Waals surface area (Å²) < 4.78 is 32.7. The molecule has 0 bridgehead atoms. The maximum absolute atomic E-state index is 13.8. The van der Waals surface area contributed by atoms with Gasteiger partial charge in [-0.2, -0.15) is 0 Å². The second-order valence-electron chi connectivity index (χ2n) is 5.34. The molecule has 1 aliphatic rings. The normalized spacial score (nSPS) is 20.6. The van der Waals surface area contributed by atoms with Gasteiger partial charge >= 0.3 is 0 Å². The number of halogens is 2. The molecule has 20 heavy (non-hydrogen) atoms. The van der Waals surface area contributed by atoms with Crippen LogP contribution in [0.1, 0.15) is 24.4 Å². The van der Waals surface area contributed by atoms with Crippen LogP contribution in [0.2, 0.25) is 0 Å². The Morgan fingerprint density at radius 2 is 2.25 bits per heavy atom. The molecule has 0 amide bonds. The van der Waals surface area contributed by atoms with Gasteiger partial charge in [0, 0.05) is 31.3 Å². The Bertz CT molecular complexity index is 436. The Labute approximate surface area is 118 Å². The first-order valence-electron chi connectivity index (χ1n) is 7.03. The molecule has 2 atom stereocenters. The molecule has 1 saturated heterocycles. The van der Waals surface area contributed by atoms with Crippen molar-refractivity contribution in [1.29, 1.82) is 0 Å². The standard InChI is InChI=1S/C15H22F2N2O/c1-18-14(12-6-3-7-13(16)15(12)17)10-19(2)9-11-5-4-8-20-11/h3,6-7,11,14,18H,4-5,8-10H2,1-2H3. The highest BCUT2D eigenvalue weighted by molar-refractivity contribution is 5.22. The molecule has 0 aliphatic carbocycles. The molecule has 3 nitrogen and oxygen atoms in total. The van der Waals surface area contributed by atoms with Gasteiger partial charge in [0.05, 0.1) is 6.10 Å². The molecule has 112 valence electrons. The van der Waals surface area contributed by atoms with Gasteiger partial charge in [0.25, 0.3) is 0 Å². The van der Waals surface area contributed by atoms with Gasteiger partial charge in [-0.25, -0.2) is 8.78 Å². The summed E-state index contributed by atoms with van der Waals surface area (Å²) in [4.78, 5) is 2.10. The zero-order chi connectivity index (χ0) is 14.5. The molecule has 1 aromatic rings.